The van der Waals surface area contributed by atoms with Gasteiger partial charge in [0.05, 0.1) is 12.6 Å². The van der Waals surface area contributed by atoms with E-state index in [4.69, 9.17) is 19.0 Å². The van der Waals surface area contributed by atoms with Crippen molar-refractivity contribution >= 4 is 23.9 Å². The van der Waals surface area contributed by atoms with Crippen molar-refractivity contribution in [2.75, 3.05) is 6.79 Å². The number of amides is 3. The van der Waals surface area contributed by atoms with E-state index in [9.17, 15) is 19.2 Å². The Morgan fingerprint density at radius 3 is 1.90 bits per heavy atom. The first-order chi connectivity index (χ1) is 19.0. The molecule has 202 valence electrons. The Labute approximate surface area is 225 Å². The van der Waals surface area contributed by atoms with E-state index in [1.54, 1.807) is 42.5 Å². The van der Waals surface area contributed by atoms with E-state index < -0.39 is 36.0 Å². The van der Waals surface area contributed by atoms with Gasteiger partial charge in [0, 0.05) is 12.8 Å². The van der Waals surface area contributed by atoms with Crippen LogP contribution in [0.15, 0.2) is 91.0 Å². The summed E-state index contributed by atoms with van der Waals surface area (Å²) in [6.07, 6.45) is -2.44. The molecule has 0 aromatic heterocycles. The van der Waals surface area contributed by atoms with E-state index in [0.29, 0.717) is 10.6 Å². The molecule has 0 spiro atoms. The second kappa shape index (κ2) is 13.8. The van der Waals surface area contributed by atoms with Gasteiger partial charge in [-0.3, -0.25) is 9.59 Å². The molecule has 1 aliphatic heterocycles. The van der Waals surface area contributed by atoms with Crippen LogP contribution in [0.2, 0.25) is 0 Å². The Bertz CT molecular complexity index is 1240. The van der Waals surface area contributed by atoms with Crippen LogP contribution >= 0.6 is 0 Å². The van der Waals surface area contributed by atoms with Gasteiger partial charge >= 0.3 is 12.1 Å². The van der Waals surface area contributed by atoms with Crippen LogP contribution in [0.1, 0.15) is 35.6 Å². The van der Waals surface area contributed by atoms with Crippen LogP contribution in [-0.4, -0.2) is 41.8 Å². The van der Waals surface area contributed by atoms with Crippen LogP contribution in [0.3, 0.4) is 0 Å². The topological polar surface area (TPSA) is 120 Å². The number of alkyl carbamates (subject to hydrolysis) is 1. The Balaban J connectivity index is 1.51. The number of rotatable bonds is 12. The molecule has 0 unspecified atom stereocenters. The molecule has 10 heteroatoms. The fourth-order valence-electron chi connectivity index (χ4n) is 3.84. The zero-order valence-electron chi connectivity index (χ0n) is 21.1. The van der Waals surface area contributed by atoms with Crippen molar-refractivity contribution in [1.82, 2.24) is 10.4 Å². The maximum absolute atomic E-state index is 13.3. The van der Waals surface area contributed by atoms with Crippen molar-refractivity contribution in [1.29, 1.82) is 0 Å². The minimum absolute atomic E-state index is 0.00111. The number of hydrogen-bond donors (Lipinski definition) is 1. The molecule has 1 fully saturated rings. The van der Waals surface area contributed by atoms with E-state index in [-0.39, 0.29) is 32.8 Å². The van der Waals surface area contributed by atoms with Gasteiger partial charge in [-0.25, -0.2) is 9.59 Å². The number of carbonyl (C=O) groups excluding carboxylic acids is 4. The number of nitrogens with one attached hydrogen (secondary N) is 1. The minimum Gasteiger partial charge on any atom is -0.445 e. The molecule has 3 aromatic carbocycles. The lowest BCUT2D eigenvalue weighted by molar-refractivity contribution is -0.211. The largest absolute Gasteiger partial charge is 0.445 e. The maximum atomic E-state index is 13.3. The summed E-state index contributed by atoms with van der Waals surface area (Å²) >= 11 is 0. The predicted octanol–water partition coefficient (Wildman–Crippen LogP) is 3.82. The average Bonchev–Trinajstić information content (AvgIpc) is 3.29. The Morgan fingerprint density at radius 2 is 1.31 bits per heavy atom. The normalized spacial score (nSPS) is 14.5. The van der Waals surface area contributed by atoms with Crippen LogP contribution in [0.25, 0.3) is 0 Å². The van der Waals surface area contributed by atoms with Crippen molar-refractivity contribution in [2.24, 2.45) is 0 Å². The van der Waals surface area contributed by atoms with Crippen LogP contribution in [0.5, 0.6) is 0 Å². The summed E-state index contributed by atoms with van der Waals surface area (Å²) in [5, 5.41) is 3.09. The smallest absolute Gasteiger partial charge is 0.408 e. The highest BCUT2D eigenvalue weighted by Gasteiger charge is 2.39. The van der Waals surface area contributed by atoms with Crippen molar-refractivity contribution < 1.29 is 38.2 Å². The minimum atomic E-state index is -1.49. The number of nitrogens with zero attached hydrogens (tertiary/aromatic N) is 1. The van der Waals surface area contributed by atoms with E-state index in [2.05, 4.69) is 5.32 Å². The Morgan fingerprint density at radius 1 is 0.769 bits per heavy atom. The standard InChI is InChI=1S/C29H28N2O8/c32-24-16-17-25(33)31(24)39-28(34)27(38-20-36-18-21-10-4-1-5-11-21)26(23-14-8-3-9-15-23)30-29(35)37-19-22-12-6-2-7-13-22/h1-15,26-27H,16-20H2,(H,30,35)/t26-,27+/m0/s1. The highest BCUT2D eigenvalue weighted by Crippen LogP contribution is 2.23. The highest BCUT2D eigenvalue weighted by molar-refractivity contribution is 6.01. The third-order valence-electron chi connectivity index (χ3n) is 5.81. The number of carbonyl (C=O) groups is 4. The van der Waals surface area contributed by atoms with Gasteiger partial charge in [0.2, 0.25) is 0 Å². The predicted molar refractivity (Wildman–Crippen MR) is 137 cm³/mol. The molecule has 39 heavy (non-hydrogen) atoms. The lowest BCUT2D eigenvalue weighted by Gasteiger charge is -2.27. The summed E-state index contributed by atoms with van der Waals surface area (Å²) in [5.41, 5.74) is 2.16. The molecule has 10 nitrogen and oxygen atoms in total. The molecule has 4 rings (SSSR count). The number of imide groups is 1. The fourth-order valence-corrected chi connectivity index (χ4v) is 3.84. The molecule has 0 saturated carbocycles. The summed E-state index contributed by atoms with van der Waals surface area (Å²) < 4.78 is 16.7. The second-order valence-electron chi connectivity index (χ2n) is 8.63. The summed E-state index contributed by atoms with van der Waals surface area (Å²) in [6, 6.07) is 25.9. The van der Waals surface area contributed by atoms with Gasteiger partial charge in [0.15, 0.2) is 6.10 Å². The van der Waals surface area contributed by atoms with Crippen LogP contribution in [0, 0.1) is 0 Å². The Kier molecular flexibility index (Phi) is 9.76. The zero-order valence-corrected chi connectivity index (χ0v) is 21.1. The van der Waals surface area contributed by atoms with Crippen molar-refractivity contribution in [3.8, 4) is 0 Å². The molecule has 1 aliphatic rings. The molecule has 1 heterocycles. The van der Waals surface area contributed by atoms with Gasteiger partial charge in [-0.05, 0) is 16.7 Å². The van der Waals surface area contributed by atoms with Crippen molar-refractivity contribution in [2.45, 2.75) is 38.2 Å². The Hall–Kier alpha value is -4.54. The molecule has 2 atom stereocenters. The zero-order chi connectivity index (χ0) is 27.5. The average molecular weight is 533 g/mol. The molecule has 0 bridgehead atoms. The highest BCUT2D eigenvalue weighted by atomic mass is 16.7. The first-order valence-corrected chi connectivity index (χ1v) is 12.3. The summed E-state index contributed by atoms with van der Waals surface area (Å²) in [4.78, 5) is 55.4. The monoisotopic (exact) mass is 532 g/mol. The third kappa shape index (κ3) is 7.97. The molecule has 3 amide bonds. The molecular weight excluding hydrogens is 504 g/mol. The molecule has 1 N–H and O–H groups in total. The fraction of sp³-hybridized carbons (Fsp3) is 0.241. The third-order valence-corrected chi connectivity index (χ3v) is 5.81. The van der Waals surface area contributed by atoms with Gasteiger partial charge in [0.1, 0.15) is 13.4 Å². The summed E-state index contributed by atoms with van der Waals surface area (Å²) in [5.74, 6) is -2.34. The first-order valence-electron chi connectivity index (χ1n) is 12.3. The lowest BCUT2D eigenvalue weighted by Crippen LogP contribution is -2.46. The van der Waals surface area contributed by atoms with E-state index >= 15 is 0 Å². The van der Waals surface area contributed by atoms with E-state index in [1.165, 1.54) is 0 Å². The quantitative estimate of drug-likeness (QED) is 0.212. The van der Waals surface area contributed by atoms with Gasteiger partial charge in [-0.1, -0.05) is 91.0 Å². The number of hydrogen-bond acceptors (Lipinski definition) is 8. The van der Waals surface area contributed by atoms with Crippen molar-refractivity contribution in [3.05, 3.63) is 108 Å². The summed E-state index contributed by atoms with van der Waals surface area (Å²) in [7, 11) is 0. The van der Waals surface area contributed by atoms with Crippen LogP contribution in [0.4, 0.5) is 4.79 Å². The van der Waals surface area contributed by atoms with Gasteiger partial charge in [-0.2, -0.15) is 0 Å². The molecule has 1 saturated heterocycles. The van der Waals surface area contributed by atoms with Gasteiger partial charge < -0.3 is 24.4 Å². The van der Waals surface area contributed by atoms with E-state index in [1.807, 2.05) is 48.5 Å². The van der Waals surface area contributed by atoms with Crippen LogP contribution in [-0.2, 0) is 46.6 Å². The second-order valence-corrected chi connectivity index (χ2v) is 8.63. The first kappa shape index (κ1) is 27.5. The van der Waals surface area contributed by atoms with Crippen LogP contribution < -0.4 is 5.32 Å². The van der Waals surface area contributed by atoms with Gasteiger partial charge in [0.25, 0.3) is 11.8 Å². The number of ether oxygens (including phenoxy) is 3. The van der Waals surface area contributed by atoms with E-state index in [0.717, 1.165) is 11.1 Å². The lowest BCUT2D eigenvalue weighted by atomic mass is 10.0. The number of benzene rings is 3. The van der Waals surface area contributed by atoms with Crippen molar-refractivity contribution in [3.63, 3.8) is 0 Å². The number of hydroxylamine groups is 2. The summed E-state index contributed by atoms with van der Waals surface area (Å²) in [6.45, 7) is -0.143. The maximum Gasteiger partial charge on any atom is 0.408 e. The molecule has 3 aromatic rings. The van der Waals surface area contributed by atoms with Gasteiger partial charge in [-0.15, -0.1) is 5.06 Å². The SMILES string of the molecule is O=C(N[C@@H](c1ccccc1)[C@@H](OCOCc1ccccc1)C(=O)ON1C(=O)CCC1=O)OCc1ccccc1. The molecular formula is C29H28N2O8. The molecule has 0 radical (unpaired) electrons. The molecule has 0 aliphatic carbocycles.